The number of hydrogen-bond donors (Lipinski definition) is 1. The van der Waals surface area contributed by atoms with Gasteiger partial charge in [0.25, 0.3) is 0 Å². The molecule has 0 aliphatic carbocycles. The maximum Gasteiger partial charge on any atom is 0.423 e. The number of aromatic nitrogens is 3. The molecule has 18 heavy (non-hydrogen) atoms. The summed E-state index contributed by atoms with van der Waals surface area (Å²) in [4.78, 5) is 30.2. The minimum Gasteiger partial charge on any atom is -0.443 e. The number of fused-ring (bicyclic) bond motifs is 1. The Kier molecular flexibility index (Phi) is 3.02. The van der Waals surface area contributed by atoms with Gasteiger partial charge in [0.2, 0.25) is 0 Å². The van der Waals surface area contributed by atoms with Crippen LogP contribution in [0.15, 0.2) is 21.5 Å². The number of nitrogens with zero attached hydrogens (tertiary/aromatic N) is 2. The van der Waals surface area contributed by atoms with Crippen molar-refractivity contribution >= 4 is 33.2 Å². The average molecular weight is 314 g/mol. The van der Waals surface area contributed by atoms with Gasteiger partial charge in [-0.05, 0) is 42.8 Å². The van der Waals surface area contributed by atoms with Crippen molar-refractivity contribution in [3.05, 3.63) is 27.2 Å². The summed E-state index contributed by atoms with van der Waals surface area (Å²) in [6.45, 7) is 5.21. The zero-order valence-corrected chi connectivity index (χ0v) is 11.7. The van der Waals surface area contributed by atoms with E-state index in [-0.39, 0.29) is 0 Å². The molecule has 1 N–H and O–H groups in total. The number of nitrogens with one attached hydrogen (secondary N) is 1. The third kappa shape index (κ3) is 2.45. The van der Waals surface area contributed by atoms with Crippen molar-refractivity contribution in [1.82, 2.24) is 14.5 Å². The van der Waals surface area contributed by atoms with Gasteiger partial charge in [-0.25, -0.2) is 14.6 Å². The molecule has 0 atom stereocenters. The van der Waals surface area contributed by atoms with E-state index in [1.165, 1.54) is 6.20 Å². The van der Waals surface area contributed by atoms with Crippen LogP contribution in [-0.2, 0) is 4.74 Å². The van der Waals surface area contributed by atoms with Crippen LogP contribution in [0, 0.1) is 0 Å². The highest BCUT2D eigenvalue weighted by molar-refractivity contribution is 9.10. The van der Waals surface area contributed by atoms with Crippen LogP contribution in [0.3, 0.4) is 0 Å². The Labute approximate surface area is 111 Å². The Morgan fingerprint density at radius 1 is 1.50 bits per heavy atom. The van der Waals surface area contributed by atoms with Crippen molar-refractivity contribution in [1.29, 1.82) is 0 Å². The molecule has 0 amide bonds. The third-order valence-corrected chi connectivity index (χ3v) is 2.51. The first-order valence-corrected chi connectivity index (χ1v) is 6.07. The summed E-state index contributed by atoms with van der Waals surface area (Å²) in [5.74, 6) is 0. The molecule has 0 radical (unpaired) electrons. The zero-order valence-electron chi connectivity index (χ0n) is 10.2. The van der Waals surface area contributed by atoms with Gasteiger partial charge in [0.05, 0.1) is 0 Å². The summed E-state index contributed by atoms with van der Waals surface area (Å²) in [5, 5.41) is 0. The molecule has 0 aliphatic heterocycles. The number of imidazole rings is 1. The minimum atomic E-state index is -0.723. The van der Waals surface area contributed by atoms with E-state index in [4.69, 9.17) is 4.74 Å². The molecule has 0 aromatic carbocycles. The van der Waals surface area contributed by atoms with Gasteiger partial charge in [0, 0.05) is 10.7 Å². The van der Waals surface area contributed by atoms with Crippen LogP contribution in [0.5, 0.6) is 0 Å². The lowest BCUT2D eigenvalue weighted by atomic mass is 10.2. The molecule has 0 saturated carbocycles. The number of ether oxygens (including phenoxy) is 1. The van der Waals surface area contributed by atoms with Crippen LogP contribution in [0.2, 0.25) is 0 Å². The summed E-state index contributed by atoms with van der Waals surface area (Å²) >= 11 is 3.24. The largest absolute Gasteiger partial charge is 0.443 e. The first-order valence-electron chi connectivity index (χ1n) is 5.27. The Balaban J connectivity index is 2.57. The Hall–Kier alpha value is -1.63. The molecule has 0 spiro atoms. The standard InChI is InChI=1S/C11H12BrN3O3/c1-11(2,3)18-10(17)15-7-4-6(12)5-13-8(7)14-9(15)16/h4-5H,1-3H3,(H,13,14,16). The van der Waals surface area contributed by atoms with Gasteiger partial charge < -0.3 is 4.74 Å². The smallest absolute Gasteiger partial charge is 0.423 e. The Morgan fingerprint density at radius 3 is 2.78 bits per heavy atom. The number of halogens is 1. The van der Waals surface area contributed by atoms with Crippen LogP contribution in [-0.4, -0.2) is 26.2 Å². The van der Waals surface area contributed by atoms with Gasteiger partial charge in [-0.2, -0.15) is 4.57 Å². The van der Waals surface area contributed by atoms with Crippen LogP contribution in [0.25, 0.3) is 11.2 Å². The summed E-state index contributed by atoms with van der Waals surface area (Å²) in [6, 6.07) is 1.63. The number of carbonyl (C=O) groups excluding carboxylic acids is 1. The number of rotatable bonds is 0. The fraction of sp³-hybridized carbons (Fsp3) is 0.364. The van der Waals surface area contributed by atoms with Crippen molar-refractivity contribution in [2.24, 2.45) is 0 Å². The first kappa shape index (κ1) is 12.8. The van der Waals surface area contributed by atoms with E-state index in [2.05, 4.69) is 25.9 Å². The number of hydrogen-bond acceptors (Lipinski definition) is 4. The highest BCUT2D eigenvalue weighted by atomic mass is 79.9. The van der Waals surface area contributed by atoms with E-state index < -0.39 is 17.4 Å². The monoisotopic (exact) mass is 313 g/mol. The summed E-state index contributed by atoms with van der Waals surface area (Å²) in [6.07, 6.45) is 0.816. The molecule has 2 rings (SSSR count). The molecule has 2 aromatic rings. The van der Waals surface area contributed by atoms with E-state index in [1.807, 2.05) is 0 Å². The second-order valence-electron chi connectivity index (χ2n) is 4.77. The highest BCUT2D eigenvalue weighted by Crippen LogP contribution is 2.16. The number of pyridine rings is 1. The summed E-state index contributed by atoms with van der Waals surface area (Å²) < 4.78 is 6.77. The summed E-state index contributed by atoms with van der Waals surface area (Å²) in [5.41, 5.74) is -0.512. The molecule has 0 fully saturated rings. The molecule has 0 saturated heterocycles. The normalized spacial score (nSPS) is 11.8. The van der Waals surface area contributed by atoms with Gasteiger partial charge in [-0.1, -0.05) is 0 Å². The summed E-state index contributed by atoms with van der Waals surface area (Å²) in [7, 11) is 0. The lowest BCUT2D eigenvalue weighted by Gasteiger charge is -2.19. The van der Waals surface area contributed by atoms with Gasteiger partial charge in [0.1, 0.15) is 11.1 Å². The van der Waals surface area contributed by atoms with E-state index in [0.717, 1.165) is 4.57 Å². The van der Waals surface area contributed by atoms with E-state index in [9.17, 15) is 9.59 Å². The van der Waals surface area contributed by atoms with Crippen LogP contribution >= 0.6 is 15.9 Å². The van der Waals surface area contributed by atoms with Crippen molar-refractivity contribution in [2.75, 3.05) is 0 Å². The quantitative estimate of drug-likeness (QED) is 0.809. The molecule has 0 unspecified atom stereocenters. The lowest BCUT2D eigenvalue weighted by Crippen LogP contribution is -2.32. The minimum absolute atomic E-state index is 0.342. The molecule has 6 nitrogen and oxygen atoms in total. The van der Waals surface area contributed by atoms with Crippen LogP contribution in [0.4, 0.5) is 4.79 Å². The number of aromatic amines is 1. The second-order valence-corrected chi connectivity index (χ2v) is 5.68. The fourth-order valence-electron chi connectivity index (χ4n) is 1.45. The predicted molar refractivity (Wildman–Crippen MR) is 69.7 cm³/mol. The second kappa shape index (κ2) is 4.24. The van der Waals surface area contributed by atoms with Crippen molar-refractivity contribution in [3.63, 3.8) is 0 Å². The third-order valence-electron chi connectivity index (χ3n) is 2.08. The molecular weight excluding hydrogens is 302 g/mol. The van der Waals surface area contributed by atoms with Gasteiger partial charge in [-0.15, -0.1) is 0 Å². The molecule has 0 bridgehead atoms. The molecule has 0 aliphatic rings. The Morgan fingerprint density at radius 2 is 2.17 bits per heavy atom. The SMILES string of the molecule is CC(C)(C)OC(=O)n1c(=O)[nH]c2ncc(Br)cc21. The van der Waals surface area contributed by atoms with Crippen molar-refractivity contribution in [2.45, 2.75) is 26.4 Å². The average Bonchev–Trinajstić information content (AvgIpc) is 2.50. The van der Waals surface area contributed by atoms with Gasteiger partial charge in [-0.3, -0.25) is 4.98 Å². The fourth-order valence-corrected chi connectivity index (χ4v) is 1.77. The molecule has 96 valence electrons. The van der Waals surface area contributed by atoms with E-state index in [1.54, 1.807) is 26.8 Å². The molecule has 2 aromatic heterocycles. The predicted octanol–water partition coefficient (Wildman–Crippen LogP) is 2.27. The van der Waals surface area contributed by atoms with Crippen molar-refractivity contribution in [3.8, 4) is 0 Å². The highest BCUT2D eigenvalue weighted by Gasteiger charge is 2.22. The Bertz CT molecular complexity index is 666. The van der Waals surface area contributed by atoms with E-state index >= 15 is 0 Å². The van der Waals surface area contributed by atoms with Gasteiger partial charge in [0.15, 0.2) is 5.65 Å². The maximum atomic E-state index is 11.9. The van der Waals surface area contributed by atoms with Gasteiger partial charge >= 0.3 is 11.8 Å². The molecular formula is C11H12BrN3O3. The first-order chi connectivity index (χ1) is 8.28. The maximum absolute atomic E-state index is 11.9. The topological polar surface area (TPSA) is 77.0 Å². The van der Waals surface area contributed by atoms with Crippen LogP contribution in [0.1, 0.15) is 20.8 Å². The lowest BCUT2D eigenvalue weighted by molar-refractivity contribution is 0.0538. The van der Waals surface area contributed by atoms with Crippen molar-refractivity contribution < 1.29 is 9.53 Å². The molecule has 7 heteroatoms. The number of carbonyl (C=O) groups is 1. The molecule has 2 heterocycles. The van der Waals surface area contributed by atoms with E-state index in [0.29, 0.717) is 15.6 Å². The number of H-pyrrole nitrogens is 1. The zero-order chi connectivity index (χ0) is 13.5. The van der Waals surface area contributed by atoms with Crippen LogP contribution < -0.4 is 5.69 Å².